The van der Waals surface area contributed by atoms with E-state index in [1.54, 1.807) is 0 Å². The fourth-order valence-electron chi connectivity index (χ4n) is 5.67. The number of carboxylic acids is 1. The molecule has 2 aliphatic rings. The highest BCUT2D eigenvalue weighted by Gasteiger charge is 2.50. The molecule has 0 spiro atoms. The third-order valence-corrected chi connectivity index (χ3v) is 7.71. The number of aryl methyl sites for hydroxylation is 1. The normalized spacial score (nSPS) is 20.6. The molecule has 0 aromatic heterocycles. The van der Waals surface area contributed by atoms with Crippen LogP contribution < -0.4 is 5.32 Å². The number of aliphatic carboxylic acids is 1. The Balaban J connectivity index is 1.34. The number of amides is 2. The van der Waals surface area contributed by atoms with E-state index in [-0.39, 0.29) is 30.6 Å². The predicted octanol–water partition coefficient (Wildman–Crippen LogP) is 4.96. The van der Waals surface area contributed by atoms with Gasteiger partial charge in [0.25, 0.3) is 0 Å². The second-order valence-electron chi connectivity index (χ2n) is 10.5. The third kappa shape index (κ3) is 6.71. The Morgan fingerprint density at radius 3 is 2.30 bits per heavy atom. The molecule has 3 atom stereocenters. The standard InChI is InChI=1S/C33H35N3O4/c1-24-9-17-28(18-10-24)34-33(39)35-19-5-6-20-36-29(21-35)32(30(36)22-40-23-31(37)38)27-15-13-26(14-16-27)12-11-25-7-3-2-4-8-25/h2-4,7-10,13-18,29-30,32H,5-6,19-23H2,1H3,(H,34,39)(H,37,38)/t29-,30+,32+/m0/s1. The highest BCUT2D eigenvalue weighted by molar-refractivity contribution is 5.89. The molecule has 0 unspecified atom stereocenters. The molecule has 0 saturated carbocycles. The van der Waals surface area contributed by atoms with Crippen molar-refractivity contribution in [2.24, 2.45) is 0 Å². The molecule has 3 aromatic carbocycles. The van der Waals surface area contributed by atoms with Crippen molar-refractivity contribution in [3.8, 4) is 11.8 Å². The highest BCUT2D eigenvalue weighted by Crippen LogP contribution is 2.42. The summed E-state index contributed by atoms with van der Waals surface area (Å²) in [5.41, 5.74) is 4.97. The van der Waals surface area contributed by atoms with Gasteiger partial charge in [-0.05, 0) is 68.3 Å². The maximum atomic E-state index is 13.3. The smallest absolute Gasteiger partial charge is 0.329 e. The van der Waals surface area contributed by atoms with Gasteiger partial charge in [-0.3, -0.25) is 4.90 Å². The van der Waals surface area contributed by atoms with Crippen molar-refractivity contribution in [2.75, 3.05) is 38.2 Å². The van der Waals surface area contributed by atoms with Gasteiger partial charge in [-0.15, -0.1) is 0 Å². The Hall–Kier alpha value is -4.12. The van der Waals surface area contributed by atoms with Crippen LogP contribution in [-0.4, -0.2) is 71.8 Å². The maximum absolute atomic E-state index is 13.3. The lowest BCUT2D eigenvalue weighted by molar-refractivity contribution is -0.145. The molecule has 0 radical (unpaired) electrons. The maximum Gasteiger partial charge on any atom is 0.329 e. The van der Waals surface area contributed by atoms with E-state index in [1.165, 1.54) is 0 Å². The van der Waals surface area contributed by atoms with Crippen LogP contribution in [-0.2, 0) is 9.53 Å². The highest BCUT2D eigenvalue weighted by atomic mass is 16.5. The molecule has 206 valence electrons. The summed E-state index contributed by atoms with van der Waals surface area (Å²) in [5, 5.41) is 12.2. The fourth-order valence-corrected chi connectivity index (χ4v) is 5.67. The molecule has 2 fully saturated rings. The van der Waals surface area contributed by atoms with E-state index < -0.39 is 5.97 Å². The summed E-state index contributed by atoms with van der Waals surface area (Å²) in [6.45, 7) is 4.22. The van der Waals surface area contributed by atoms with Crippen LogP contribution in [0.3, 0.4) is 0 Å². The zero-order valence-corrected chi connectivity index (χ0v) is 22.8. The summed E-state index contributed by atoms with van der Waals surface area (Å²) in [6.07, 6.45) is 1.87. The summed E-state index contributed by atoms with van der Waals surface area (Å²) in [5.74, 6) is 5.57. The van der Waals surface area contributed by atoms with E-state index in [4.69, 9.17) is 9.84 Å². The number of nitrogens with zero attached hydrogens (tertiary/aromatic N) is 2. The minimum absolute atomic E-state index is 0.0470. The first-order valence-electron chi connectivity index (χ1n) is 13.8. The topological polar surface area (TPSA) is 82.1 Å². The molecular weight excluding hydrogens is 502 g/mol. The summed E-state index contributed by atoms with van der Waals surface area (Å²) in [6, 6.07) is 26.1. The fraction of sp³-hybridized carbons (Fsp3) is 0.333. The summed E-state index contributed by atoms with van der Waals surface area (Å²) in [7, 11) is 0. The van der Waals surface area contributed by atoms with Gasteiger partial charge in [0, 0.05) is 47.9 Å². The lowest BCUT2D eigenvalue weighted by Crippen LogP contribution is -2.68. The van der Waals surface area contributed by atoms with Gasteiger partial charge in [0.1, 0.15) is 6.61 Å². The van der Waals surface area contributed by atoms with E-state index in [2.05, 4.69) is 34.2 Å². The first kappa shape index (κ1) is 27.4. The third-order valence-electron chi connectivity index (χ3n) is 7.71. The van der Waals surface area contributed by atoms with Crippen molar-refractivity contribution >= 4 is 17.7 Å². The lowest BCUT2D eigenvalue weighted by atomic mass is 9.74. The van der Waals surface area contributed by atoms with E-state index >= 15 is 0 Å². The molecular formula is C33H35N3O4. The van der Waals surface area contributed by atoms with Gasteiger partial charge in [0.05, 0.1) is 6.61 Å². The van der Waals surface area contributed by atoms with Crippen LogP contribution in [0.1, 0.15) is 41.0 Å². The quantitative estimate of drug-likeness (QED) is 0.435. The molecule has 0 aliphatic carbocycles. The van der Waals surface area contributed by atoms with Gasteiger partial charge in [0.15, 0.2) is 0 Å². The Labute approximate surface area is 235 Å². The number of hydrogen-bond donors (Lipinski definition) is 2. The number of ether oxygens (including phenoxy) is 1. The Morgan fingerprint density at radius 1 is 0.925 bits per heavy atom. The number of urea groups is 1. The van der Waals surface area contributed by atoms with Crippen molar-refractivity contribution in [3.05, 3.63) is 101 Å². The second kappa shape index (κ2) is 12.8. The second-order valence-corrected chi connectivity index (χ2v) is 10.5. The minimum Gasteiger partial charge on any atom is -0.480 e. The molecule has 7 heteroatoms. The Bertz CT molecular complexity index is 1360. The van der Waals surface area contributed by atoms with Crippen LogP contribution in [0.25, 0.3) is 0 Å². The van der Waals surface area contributed by atoms with E-state index in [0.29, 0.717) is 19.7 Å². The number of carbonyl (C=O) groups is 2. The molecule has 2 saturated heterocycles. The number of hydrogen-bond acceptors (Lipinski definition) is 4. The van der Waals surface area contributed by atoms with Crippen molar-refractivity contribution < 1.29 is 19.4 Å². The van der Waals surface area contributed by atoms with Gasteiger partial charge >= 0.3 is 12.0 Å². The van der Waals surface area contributed by atoms with Crippen molar-refractivity contribution in [1.82, 2.24) is 9.80 Å². The zero-order valence-electron chi connectivity index (χ0n) is 22.8. The van der Waals surface area contributed by atoms with Crippen LogP contribution in [0.4, 0.5) is 10.5 Å². The zero-order chi connectivity index (χ0) is 27.9. The number of anilines is 1. The Morgan fingerprint density at radius 2 is 1.60 bits per heavy atom. The number of fused-ring (bicyclic) bond motifs is 1. The van der Waals surface area contributed by atoms with Gasteiger partial charge in [-0.2, -0.15) is 0 Å². The number of carboxylic acid groups (broad SMARTS) is 1. The molecule has 2 heterocycles. The van der Waals surface area contributed by atoms with E-state index in [1.807, 2.05) is 78.6 Å². The number of benzene rings is 3. The number of carbonyl (C=O) groups excluding carboxylic acids is 1. The molecule has 2 aliphatic heterocycles. The number of rotatable bonds is 6. The molecule has 2 amide bonds. The van der Waals surface area contributed by atoms with Crippen LogP contribution in [0.2, 0.25) is 0 Å². The van der Waals surface area contributed by atoms with E-state index in [0.717, 1.165) is 47.3 Å². The van der Waals surface area contributed by atoms with Gasteiger partial charge in [0.2, 0.25) is 0 Å². The molecule has 7 nitrogen and oxygen atoms in total. The average Bonchev–Trinajstić information content (AvgIpc) is 2.94. The number of nitrogens with one attached hydrogen (secondary N) is 1. The molecule has 40 heavy (non-hydrogen) atoms. The first-order valence-corrected chi connectivity index (χ1v) is 13.8. The summed E-state index contributed by atoms with van der Waals surface area (Å²) in [4.78, 5) is 28.7. The van der Waals surface area contributed by atoms with Crippen LogP contribution in [0, 0.1) is 18.8 Å². The largest absolute Gasteiger partial charge is 0.480 e. The first-order chi connectivity index (χ1) is 19.5. The van der Waals surface area contributed by atoms with Crippen molar-refractivity contribution in [2.45, 2.75) is 37.8 Å². The van der Waals surface area contributed by atoms with Gasteiger partial charge in [-0.1, -0.05) is 59.9 Å². The summed E-state index contributed by atoms with van der Waals surface area (Å²) < 4.78 is 5.59. The van der Waals surface area contributed by atoms with Crippen molar-refractivity contribution in [1.29, 1.82) is 0 Å². The molecule has 2 N–H and O–H groups in total. The predicted molar refractivity (Wildman–Crippen MR) is 155 cm³/mol. The molecule has 5 rings (SSSR count). The average molecular weight is 538 g/mol. The SMILES string of the molecule is Cc1ccc(NC(=O)N2CCCCN3[C@H](COCC(=O)O)[C@H](c4ccc(C#Cc5ccccc5)cc4)[C@@H]3C2)cc1. The van der Waals surface area contributed by atoms with Crippen LogP contribution >= 0.6 is 0 Å². The Kier molecular flexibility index (Phi) is 8.80. The summed E-state index contributed by atoms with van der Waals surface area (Å²) >= 11 is 0. The minimum atomic E-state index is -0.972. The van der Waals surface area contributed by atoms with E-state index in [9.17, 15) is 9.59 Å². The van der Waals surface area contributed by atoms with Crippen LogP contribution in [0.15, 0.2) is 78.9 Å². The molecule has 0 bridgehead atoms. The van der Waals surface area contributed by atoms with Gasteiger partial charge < -0.3 is 20.1 Å². The molecule has 3 aromatic rings. The van der Waals surface area contributed by atoms with Crippen LogP contribution in [0.5, 0.6) is 0 Å². The monoisotopic (exact) mass is 537 g/mol. The lowest BCUT2D eigenvalue weighted by Gasteiger charge is -2.57. The van der Waals surface area contributed by atoms with Gasteiger partial charge in [-0.25, -0.2) is 9.59 Å². The van der Waals surface area contributed by atoms with Crippen molar-refractivity contribution in [3.63, 3.8) is 0 Å².